The Labute approximate surface area is 208 Å². The Bertz CT molecular complexity index is 1170. The second-order valence-electron chi connectivity index (χ2n) is 7.56. The molecule has 0 aliphatic carbocycles. The van der Waals surface area contributed by atoms with Gasteiger partial charge in [0.1, 0.15) is 5.69 Å². The molecule has 0 saturated heterocycles. The lowest BCUT2D eigenvalue weighted by Crippen LogP contribution is -2.43. The van der Waals surface area contributed by atoms with Crippen LogP contribution < -0.4 is 20.5 Å². The Hall–Kier alpha value is -3.54. The van der Waals surface area contributed by atoms with E-state index < -0.39 is 0 Å². The number of fused-ring (bicyclic) bond motifs is 1. The van der Waals surface area contributed by atoms with Gasteiger partial charge in [-0.05, 0) is 30.3 Å². The predicted octanol–water partition coefficient (Wildman–Crippen LogP) is 2.08. The molecule has 0 saturated carbocycles. The van der Waals surface area contributed by atoms with Crippen LogP contribution in [0, 0.1) is 5.41 Å². The van der Waals surface area contributed by atoms with Gasteiger partial charge in [-0.15, -0.1) is 5.11 Å². The fourth-order valence-corrected chi connectivity index (χ4v) is 3.94. The largest absolute Gasteiger partial charge is 0.395 e. The first-order valence-electron chi connectivity index (χ1n) is 11.1. The number of amides is 1. The summed E-state index contributed by atoms with van der Waals surface area (Å²) in [4.78, 5) is 14.2. The summed E-state index contributed by atoms with van der Waals surface area (Å²) < 4.78 is 1.85. The molecule has 1 heterocycles. The minimum absolute atomic E-state index is 0.00311. The number of aromatic nitrogens is 1. The molecule has 0 radical (unpaired) electrons. The van der Waals surface area contributed by atoms with Crippen molar-refractivity contribution in [2.45, 2.75) is 6.54 Å². The second-order valence-corrected chi connectivity index (χ2v) is 8.70. The van der Waals surface area contributed by atoms with Crippen LogP contribution in [0.2, 0.25) is 0 Å². The van der Waals surface area contributed by atoms with Crippen molar-refractivity contribution in [1.82, 2.24) is 5.32 Å². The van der Waals surface area contributed by atoms with E-state index in [1.807, 2.05) is 70.3 Å². The first-order valence-corrected chi connectivity index (χ1v) is 12.1. The minimum atomic E-state index is -0.129. The number of amidine groups is 1. The quantitative estimate of drug-likeness (QED) is 0.0851. The number of hydrogen-bond acceptors (Lipinski definition) is 8. The molecule has 0 fully saturated rings. The summed E-state index contributed by atoms with van der Waals surface area (Å²) in [6, 6.07) is 16.9. The van der Waals surface area contributed by atoms with Crippen LogP contribution in [0.4, 0.5) is 17.1 Å². The van der Waals surface area contributed by atoms with Crippen molar-refractivity contribution in [1.29, 1.82) is 5.41 Å². The zero-order chi connectivity index (χ0) is 25.0. The molecule has 184 valence electrons. The average Bonchev–Trinajstić information content (AvgIpc) is 2.86. The molecule has 0 aliphatic heterocycles. The molecule has 10 nitrogen and oxygen atoms in total. The third-order valence-electron chi connectivity index (χ3n) is 5.13. The van der Waals surface area contributed by atoms with Gasteiger partial charge in [0.25, 0.3) is 5.91 Å². The van der Waals surface area contributed by atoms with Gasteiger partial charge in [0, 0.05) is 43.2 Å². The van der Waals surface area contributed by atoms with E-state index in [0.29, 0.717) is 36.8 Å². The van der Waals surface area contributed by atoms with Crippen molar-refractivity contribution in [2.24, 2.45) is 16.0 Å². The lowest BCUT2D eigenvalue weighted by atomic mass is 10.2. The number of anilines is 1. The number of aliphatic hydroxyl groups is 2. The highest BCUT2D eigenvalue weighted by atomic mass is 32.2. The normalized spacial score (nSPS) is 11.1. The molecular weight excluding hydrogens is 466 g/mol. The van der Waals surface area contributed by atoms with Gasteiger partial charge in [-0.2, -0.15) is 9.68 Å². The number of para-hydroxylation sites is 1. The Morgan fingerprint density at radius 2 is 1.77 bits per heavy atom. The number of azo groups is 1. The molecule has 0 bridgehead atoms. The molecular formula is C24H30N7O3S+. The summed E-state index contributed by atoms with van der Waals surface area (Å²) in [5, 5.41) is 38.2. The molecule has 0 atom stereocenters. The van der Waals surface area contributed by atoms with E-state index >= 15 is 0 Å². The van der Waals surface area contributed by atoms with Gasteiger partial charge in [-0.3, -0.25) is 10.2 Å². The standard InChI is InChI=1S/C24H29N7O3S/c25-24(26)35-16-10-27-23(34)17-31-11-9-21(20-3-1-2-4-22(20)31)29-28-18-5-7-19(8-6-18)30(12-14-32)13-15-33/h1-9,11,32-33H,10,12-17H2,(H3-,25,26,27,34)/p+1. The van der Waals surface area contributed by atoms with E-state index in [1.54, 1.807) is 0 Å². The number of nitrogens with one attached hydrogen (secondary N) is 2. The zero-order valence-corrected chi connectivity index (χ0v) is 20.1. The Morgan fingerprint density at radius 1 is 1.06 bits per heavy atom. The number of aliphatic hydroxyl groups excluding tert-OH is 2. The van der Waals surface area contributed by atoms with Crippen LogP contribution in [0.25, 0.3) is 10.9 Å². The van der Waals surface area contributed by atoms with Crippen molar-refractivity contribution in [3.63, 3.8) is 0 Å². The predicted molar refractivity (Wildman–Crippen MR) is 139 cm³/mol. The summed E-state index contributed by atoms with van der Waals surface area (Å²) in [6.45, 7) is 1.47. The monoisotopic (exact) mass is 496 g/mol. The van der Waals surface area contributed by atoms with Crippen LogP contribution in [-0.4, -0.2) is 59.9 Å². The number of benzene rings is 2. The maximum atomic E-state index is 12.4. The summed E-state index contributed by atoms with van der Waals surface area (Å²) in [6.07, 6.45) is 1.81. The van der Waals surface area contributed by atoms with Gasteiger partial charge in [-0.25, -0.2) is 0 Å². The van der Waals surface area contributed by atoms with Crippen molar-refractivity contribution >= 4 is 50.8 Å². The minimum Gasteiger partial charge on any atom is -0.395 e. The van der Waals surface area contributed by atoms with Gasteiger partial charge in [0.2, 0.25) is 12.1 Å². The fourth-order valence-electron chi connectivity index (χ4n) is 3.51. The molecule has 6 N–H and O–H groups in total. The van der Waals surface area contributed by atoms with Gasteiger partial charge in [-0.1, -0.05) is 23.9 Å². The number of pyridine rings is 1. The first-order chi connectivity index (χ1) is 17.0. The molecule has 1 amide bonds. The van der Waals surface area contributed by atoms with Crippen LogP contribution in [-0.2, 0) is 11.3 Å². The third-order valence-corrected chi connectivity index (χ3v) is 5.84. The zero-order valence-electron chi connectivity index (χ0n) is 19.3. The van der Waals surface area contributed by atoms with Crippen molar-refractivity contribution in [3.8, 4) is 0 Å². The summed E-state index contributed by atoms with van der Waals surface area (Å²) in [5.41, 5.74) is 8.40. The van der Waals surface area contributed by atoms with Crippen molar-refractivity contribution in [2.75, 3.05) is 43.5 Å². The smallest absolute Gasteiger partial charge is 0.286 e. The number of hydrogen-bond donors (Lipinski definition) is 5. The number of carbonyl (C=O) groups is 1. The van der Waals surface area contributed by atoms with E-state index in [9.17, 15) is 15.0 Å². The van der Waals surface area contributed by atoms with E-state index in [-0.39, 0.29) is 30.8 Å². The highest BCUT2D eigenvalue weighted by Crippen LogP contribution is 2.26. The van der Waals surface area contributed by atoms with Gasteiger partial charge in [0.05, 0.1) is 24.3 Å². The van der Waals surface area contributed by atoms with Crippen LogP contribution in [0.1, 0.15) is 0 Å². The second kappa shape index (κ2) is 13.4. The third kappa shape index (κ3) is 7.74. The Balaban J connectivity index is 1.72. The van der Waals surface area contributed by atoms with Crippen LogP contribution in [0.5, 0.6) is 0 Å². The van der Waals surface area contributed by atoms with Gasteiger partial charge >= 0.3 is 0 Å². The van der Waals surface area contributed by atoms with E-state index in [4.69, 9.17) is 11.1 Å². The maximum Gasteiger partial charge on any atom is 0.286 e. The van der Waals surface area contributed by atoms with Gasteiger partial charge in [0.15, 0.2) is 11.4 Å². The Kier molecular flexibility index (Phi) is 9.96. The molecule has 11 heteroatoms. The molecule has 0 unspecified atom stereocenters. The van der Waals surface area contributed by atoms with E-state index in [1.165, 1.54) is 11.8 Å². The number of carbonyl (C=O) groups excluding carboxylic acids is 1. The lowest BCUT2D eigenvalue weighted by molar-refractivity contribution is -0.658. The van der Waals surface area contributed by atoms with Crippen molar-refractivity contribution in [3.05, 3.63) is 60.8 Å². The highest BCUT2D eigenvalue weighted by Gasteiger charge is 2.16. The average molecular weight is 497 g/mol. The van der Waals surface area contributed by atoms with Crippen LogP contribution in [0.15, 0.2) is 71.0 Å². The fraction of sp³-hybridized carbons (Fsp3) is 0.292. The highest BCUT2D eigenvalue weighted by molar-refractivity contribution is 8.13. The topological polar surface area (TPSA) is 151 Å². The summed E-state index contributed by atoms with van der Waals surface area (Å²) >= 11 is 1.19. The molecule has 3 rings (SSSR count). The van der Waals surface area contributed by atoms with Crippen LogP contribution >= 0.6 is 11.8 Å². The first kappa shape index (κ1) is 26.1. The van der Waals surface area contributed by atoms with E-state index in [0.717, 1.165) is 16.6 Å². The van der Waals surface area contributed by atoms with E-state index in [2.05, 4.69) is 15.5 Å². The molecule has 2 aromatic carbocycles. The summed E-state index contributed by atoms with van der Waals surface area (Å²) in [7, 11) is 0. The van der Waals surface area contributed by atoms with Crippen molar-refractivity contribution < 1.29 is 19.6 Å². The Morgan fingerprint density at radius 3 is 2.46 bits per heavy atom. The maximum absolute atomic E-state index is 12.4. The molecule has 35 heavy (non-hydrogen) atoms. The lowest BCUT2D eigenvalue weighted by Gasteiger charge is -2.22. The van der Waals surface area contributed by atoms with Gasteiger partial charge < -0.3 is 26.2 Å². The molecule has 0 spiro atoms. The number of thioether (sulfide) groups is 1. The van der Waals surface area contributed by atoms with Crippen LogP contribution in [0.3, 0.4) is 0 Å². The SMILES string of the molecule is N=C(N)SCCNC(=O)C[n+]1ccc(/N=N/c2ccc(N(CCO)CCO)cc2)c2ccccc21. The number of rotatable bonds is 12. The number of nitrogens with zero attached hydrogens (tertiary/aromatic N) is 4. The molecule has 1 aromatic heterocycles. The molecule has 3 aromatic rings. The summed E-state index contributed by atoms with van der Waals surface area (Å²) in [5.74, 6) is 0.420. The number of nitrogens with two attached hydrogens (primary N) is 1. The molecule has 0 aliphatic rings.